The monoisotopic (exact) mass is 254 g/mol. The molecule has 2 fully saturated rings. The molecule has 2 aliphatic rings. The van der Waals surface area contributed by atoms with Gasteiger partial charge in [0.2, 0.25) is 5.91 Å². The van der Waals surface area contributed by atoms with Gasteiger partial charge in [0.25, 0.3) is 0 Å². The van der Waals surface area contributed by atoms with Crippen molar-refractivity contribution in [2.75, 3.05) is 12.3 Å². The molecule has 1 aromatic rings. The van der Waals surface area contributed by atoms with Crippen LogP contribution in [0.1, 0.15) is 31.0 Å². The van der Waals surface area contributed by atoms with Crippen LogP contribution in [0.5, 0.6) is 0 Å². The molecule has 2 unspecified atom stereocenters. The second-order valence-electron chi connectivity index (χ2n) is 4.80. The van der Waals surface area contributed by atoms with Gasteiger partial charge in [0, 0.05) is 6.54 Å². The molecular weight excluding hydrogens is 240 g/mol. The molecule has 2 saturated heterocycles. The number of anilines is 1. The van der Waals surface area contributed by atoms with Crippen LogP contribution < -0.4 is 5.73 Å². The highest BCUT2D eigenvalue weighted by Crippen LogP contribution is 2.39. The molecular formula is C11H15ClN4O. The molecule has 0 aliphatic carbocycles. The van der Waals surface area contributed by atoms with Gasteiger partial charge in [-0.05, 0) is 19.8 Å². The van der Waals surface area contributed by atoms with Crippen LogP contribution >= 0.6 is 11.6 Å². The Bertz CT molecular complexity index is 484. The van der Waals surface area contributed by atoms with Gasteiger partial charge in [0.05, 0.1) is 24.2 Å². The van der Waals surface area contributed by atoms with Gasteiger partial charge < -0.3 is 10.6 Å². The average molecular weight is 255 g/mol. The van der Waals surface area contributed by atoms with Crippen LogP contribution in [-0.2, 0) is 4.79 Å². The number of carbonyl (C=O) groups is 1. The second-order valence-corrected chi connectivity index (χ2v) is 5.18. The van der Waals surface area contributed by atoms with E-state index in [-0.39, 0.29) is 18.0 Å². The summed E-state index contributed by atoms with van der Waals surface area (Å²) in [4.78, 5) is 13.8. The fourth-order valence-electron chi connectivity index (χ4n) is 2.98. The van der Waals surface area contributed by atoms with Crippen LogP contribution in [0.4, 0.5) is 5.82 Å². The van der Waals surface area contributed by atoms with E-state index in [0.717, 1.165) is 25.1 Å². The maximum atomic E-state index is 11.9. The van der Waals surface area contributed by atoms with E-state index >= 15 is 0 Å². The number of nitrogens with two attached hydrogens (primary N) is 1. The summed E-state index contributed by atoms with van der Waals surface area (Å²) in [5.41, 5.74) is 6.68. The number of halogens is 1. The largest absolute Gasteiger partial charge is 0.383 e. The van der Waals surface area contributed by atoms with Crippen LogP contribution in [0.2, 0.25) is 5.02 Å². The Morgan fingerprint density at radius 2 is 2.24 bits per heavy atom. The van der Waals surface area contributed by atoms with Crippen molar-refractivity contribution in [1.29, 1.82) is 0 Å². The lowest BCUT2D eigenvalue weighted by molar-refractivity contribution is -0.127. The number of aryl methyl sites for hydroxylation is 1. The molecule has 17 heavy (non-hydrogen) atoms. The van der Waals surface area contributed by atoms with Crippen LogP contribution in [0.25, 0.3) is 0 Å². The highest BCUT2D eigenvalue weighted by atomic mass is 35.5. The third-order valence-corrected chi connectivity index (χ3v) is 4.28. The molecule has 0 saturated carbocycles. The minimum atomic E-state index is 0.0520. The lowest BCUT2D eigenvalue weighted by atomic mass is 10.1. The number of nitrogen functional groups attached to an aromatic ring is 1. The highest BCUT2D eigenvalue weighted by molar-refractivity contribution is 6.33. The lowest BCUT2D eigenvalue weighted by Gasteiger charge is -2.21. The summed E-state index contributed by atoms with van der Waals surface area (Å²) in [5, 5.41) is 4.88. The maximum absolute atomic E-state index is 11.9. The summed E-state index contributed by atoms with van der Waals surface area (Å²) >= 11 is 6.05. The number of hydrogen-bond acceptors (Lipinski definition) is 3. The van der Waals surface area contributed by atoms with Crippen molar-refractivity contribution in [2.24, 2.45) is 0 Å². The standard InChI is InChI=1S/C11H15ClN4O/c1-6-10(12)11(13)16(14-6)8-5-9(17)15-4-2-3-7(8)15/h7-8H,2-5,13H2,1H3. The first-order chi connectivity index (χ1) is 8.09. The van der Waals surface area contributed by atoms with Crippen molar-refractivity contribution < 1.29 is 4.79 Å². The van der Waals surface area contributed by atoms with Gasteiger partial charge in [-0.2, -0.15) is 5.10 Å². The summed E-state index contributed by atoms with van der Waals surface area (Å²) in [6.07, 6.45) is 2.60. The highest BCUT2D eigenvalue weighted by Gasteiger charge is 2.44. The molecule has 0 bridgehead atoms. The van der Waals surface area contributed by atoms with Gasteiger partial charge in [0.1, 0.15) is 10.8 Å². The number of amides is 1. The van der Waals surface area contributed by atoms with Gasteiger partial charge in [-0.15, -0.1) is 0 Å². The summed E-state index contributed by atoms with van der Waals surface area (Å²) in [7, 11) is 0. The van der Waals surface area contributed by atoms with E-state index in [1.807, 2.05) is 11.8 Å². The van der Waals surface area contributed by atoms with E-state index in [9.17, 15) is 4.79 Å². The first-order valence-corrected chi connectivity index (χ1v) is 6.27. The van der Waals surface area contributed by atoms with Crippen LogP contribution in [-0.4, -0.2) is 33.2 Å². The zero-order valence-electron chi connectivity index (χ0n) is 9.69. The summed E-state index contributed by atoms with van der Waals surface area (Å²) < 4.78 is 1.74. The van der Waals surface area contributed by atoms with Gasteiger partial charge in [0.15, 0.2) is 0 Å². The fourth-order valence-corrected chi connectivity index (χ4v) is 3.11. The Hall–Kier alpha value is -1.23. The minimum Gasteiger partial charge on any atom is -0.383 e. The molecule has 1 aromatic heterocycles. The molecule has 5 nitrogen and oxygen atoms in total. The van der Waals surface area contributed by atoms with Gasteiger partial charge >= 0.3 is 0 Å². The molecule has 2 aliphatic heterocycles. The SMILES string of the molecule is Cc1nn(C2CC(=O)N3CCCC23)c(N)c1Cl. The molecule has 0 aromatic carbocycles. The molecule has 3 rings (SSSR count). The number of carbonyl (C=O) groups excluding carboxylic acids is 1. The van der Waals surface area contributed by atoms with Gasteiger partial charge in [-0.1, -0.05) is 11.6 Å². The number of nitrogens with zero attached hydrogens (tertiary/aromatic N) is 3. The van der Waals surface area contributed by atoms with Gasteiger partial charge in [-0.25, -0.2) is 4.68 Å². The number of rotatable bonds is 1. The average Bonchev–Trinajstić information content (AvgIpc) is 2.94. The molecule has 1 amide bonds. The smallest absolute Gasteiger partial charge is 0.225 e. The Labute approximate surface area is 105 Å². The van der Waals surface area contributed by atoms with Crippen LogP contribution in [0.3, 0.4) is 0 Å². The Balaban J connectivity index is 1.99. The van der Waals surface area contributed by atoms with Crippen molar-refractivity contribution in [3.8, 4) is 0 Å². The molecule has 2 N–H and O–H groups in total. The number of fused-ring (bicyclic) bond motifs is 1. The fraction of sp³-hybridized carbons (Fsp3) is 0.636. The molecule has 3 heterocycles. The lowest BCUT2D eigenvalue weighted by Crippen LogP contribution is -2.30. The Morgan fingerprint density at radius 3 is 2.88 bits per heavy atom. The van der Waals surface area contributed by atoms with Gasteiger partial charge in [-0.3, -0.25) is 4.79 Å². The topological polar surface area (TPSA) is 64.2 Å². The zero-order valence-corrected chi connectivity index (χ0v) is 10.4. The predicted molar refractivity (Wildman–Crippen MR) is 64.8 cm³/mol. The van der Waals surface area contributed by atoms with Crippen molar-refractivity contribution in [1.82, 2.24) is 14.7 Å². The summed E-state index contributed by atoms with van der Waals surface area (Å²) in [6, 6.07) is 0.302. The molecule has 92 valence electrons. The first-order valence-electron chi connectivity index (χ1n) is 5.89. The van der Waals surface area contributed by atoms with Crippen molar-refractivity contribution in [2.45, 2.75) is 38.3 Å². The Morgan fingerprint density at radius 1 is 1.47 bits per heavy atom. The first kappa shape index (κ1) is 10.9. The van der Waals surface area contributed by atoms with E-state index in [1.54, 1.807) is 4.68 Å². The van der Waals surface area contributed by atoms with Crippen molar-refractivity contribution in [3.05, 3.63) is 10.7 Å². The van der Waals surface area contributed by atoms with Crippen LogP contribution in [0.15, 0.2) is 0 Å². The number of aromatic nitrogens is 2. The third kappa shape index (κ3) is 1.45. The summed E-state index contributed by atoms with van der Waals surface area (Å²) in [6.45, 7) is 2.70. The molecule has 0 radical (unpaired) electrons. The van der Waals surface area contributed by atoms with E-state index in [0.29, 0.717) is 17.3 Å². The maximum Gasteiger partial charge on any atom is 0.225 e. The van der Waals surface area contributed by atoms with E-state index < -0.39 is 0 Å². The normalized spacial score (nSPS) is 27.9. The van der Waals surface area contributed by atoms with E-state index in [1.165, 1.54) is 0 Å². The van der Waals surface area contributed by atoms with Crippen molar-refractivity contribution in [3.63, 3.8) is 0 Å². The van der Waals surface area contributed by atoms with E-state index in [4.69, 9.17) is 17.3 Å². The molecule has 6 heteroatoms. The third-order valence-electron chi connectivity index (χ3n) is 3.81. The number of hydrogen-bond donors (Lipinski definition) is 1. The molecule has 0 spiro atoms. The predicted octanol–water partition coefficient (Wildman–Crippen LogP) is 1.36. The van der Waals surface area contributed by atoms with E-state index in [2.05, 4.69) is 5.10 Å². The summed E-state index contributed by atoms with van der Waals surface area (Å²) in [5.74, 6) is 0.692. The molecule has 2 atom stereocenters. The quantitative estimate of drug-likeness (QED) is 0.823. The minimum absolute atomic E-state index is 0.0520. The Kier molecular flexibility index (Phi) is 2.33. The second kappa shape index (κ2) is 3.63. The van der Waals surface area contributed by atoms with Crippen LogP contribution in [0, 0.1) is 6.92 Å². The zero-order chi connectivity index (χ0) is 12.2. The van der Waals surface area contributed by atoms with Crippen molar-refractivity contribution >= 4 is 23.3 Å².